The van der Waals surface area contributed by atoms with E-state index in [0.29, 0.717) is 6.42 Å². The molecule has 0 saturated heterocycles. The van der Waals surface area contributed by atoms with E-state index in [4.69, 9.17) is 5.11 Å². The Labute approximate surface area is 199 Å². The molecule has 2 N–H and O–H groups in total. The number of aliphatic hydroxyl groups excluding tert-OH is 1. The summed E-state index contributed by atoms with van der Waals surface area (Å²) in [5, 5.41) is 18.6. The van der Waals surface area contributed by atoms with Crippen LogP contribution in [0.2, 0.25) is 0 Å². The van der Waals surface area contributed by atoms with Gasteiger partial charge in [0.05, 0.1) is 6.10 Å². The van der Waals surface area contributed by atoms with E-state index < -0.39 is 5.97 Å². The Kier molecular flexibility index (Phi) is 25.3. The minimum absolute atomic E-state index is 0.160. The van der Waals surface area contributed by atoms with Gasteiger partial charge in [-0.25, -0.2) is 0 Å². The first-order chi connectivity index (χ1) is 15.7. The van der Waals surface area contributed by atoms with E-state index in [2.05, 4.69) is 24.3 Å². The summed E-state index contributed by atoms with van der Waals surface area (Å²) < 4.78 is 0. The highest BCUT2D eigenvalue weighted by molar-refractivity contribution is 5.66. The average molecular weight is 451 g/mol. The maximum Gasteiger partial charge on any atom is 0.303 e. The van der Waals surface area contributed by atoms with Crippen LogP contribution < -0.4 is 0 Å². The van der Waals surface area contributed by atoms with E-state index in [0.717, 1.165) is 38.5 Å². The van der Waals surface area contributed by atoms with Gasteiger partial charge in [0.2, 0.25) is 0 Å². The summed E-state index contributed by atoms with van der Waals surface area (Å²) >= 11 is 0. The number of aliphatic hydroxyl groups is 1. The van der Waals surface area contributed by atoms with Crippen LogP contribution >= 0.6 is 0 Å². The predicted octanol–water partition coefficient (Wildman–Crippen LogP) is 9.15. The fraction of sp³-hybridized carbons (Fsp3) is 0.828. The molecule has 0 fully saturated rings. The summed E-state index contributed by atoms with van der Waals surface area (Å²) in [7, 11) is 0. The van der Waals surface area contributed by atoms with Crippen molar-refractivity contribution in [1.82, 2.24) is 0 Å². The highest BCUT2D eigenvalue weighted by Gasteiger charge is 2.01. The van der Waals surface area contributed by atoms with Crippen LogP contribution in [0.15, 0.2) is 24.3 Å². The van der Waals surface area contributed by atoms with Crippen molar-refractivity contribution in [2.24, 2.45) is 0 Å². The predicted molar refractivity (Wildman–Crippen MR) is 139 cm³/mol. The van der Waals surface area contributed by atoms with Gasteiger partial charge in [0.15, 0.2) is 0 Å². The number of hydrogen-bond acceptors (Lipinski definition) is 2. The van der Waals surface area contributed by atoms with E-state index >= 15 is 0 Å². The third-order valence-electron chi connectivity index (χ3n) is 6.26. The number of rotatable bonds is 25. The highest BCUT2D eigenvalue weighted by atomic mass is 16.4. The van der Waals surface area contributed by atoms with Gasteiger partial charge in [0, 0.05) is 6.42 Å². The molecule has 0 aromatic carbocycles. The molecule has 0 aliphatic heterocycles. The molecule has 0 saturated carbocycles. The summed E-state index contributed by atoms with van der Waals surface area (Å²) in [4.78, 5) is 10.4. The lowest BCUT2D eigenvalue weighted by Crippen LogP contribution is -2.04. The molecule has 3 heteroatoms. The molecule has 0 radical (unpaired) electrons. The van der Waals surface area contributed by atoms with Gasteiger partial charge in [-0.1, -0.05) is 133 Å². The van der Waals surface area contributed by atoms with Gasteiger partial charge in [-0.2, -0.15) is 0 Å². The topological polar surface area (TPSA) is 57.5 Å². The molecule has 3 nitrogen and oxygen atoms in total. The van der Waals surface area contributed by atoms with E-state index in [1.807, 2.05) is 6.92 Å². The lowest BCUT2D eigenvalue weighted by atomic mass is 10.0. The molecule has 0 aromatic heterocycles. The summed E-state index contributed by atoms with van der Waals surface area (Å²) in [6, 6.07) is 0. The lowest BCUT2D eigenvalue weighted by molar-refractivity contribution is -0.137. The van der Waals surface area contributed by atoms with Crippen LogP contribution in [-0.4, -0.2) is 22.3 Å². The Bertz CT molecular complexity index is 442. The zero-order valence-electron chi connectivity index (χ0n) is 21.2. The quantitative estimate of drug-likeness (QED) is 0.108. The molecular weight excluding hydrogens is 396 g/mol. The second kappa shape index (κ2) is 26.2. The summed E-state index contributed by atoms with van der Waals surface area (Å²) in [6.07, 6.45) is 34.6. The van der Waals surface area contributed by atoms with Crippen LogP contribution in [0.4, 0.5) is 0 Å². The van der Waals surface area contributed by atoms with Crippen molar-refractivity contribution in [3.05, 3.63) is 24.3 Å². The number of aliphatic carboxylic acids is 1. The number of carbonyl (C=O) groups is 1. The fourth-order valence-corrected chi connectivity index (χ4v) is 4.17. The maximum absolute atomic E-state index is 10.4. The van der Waals surface area contributed by atoms with Gasteiger partial charge in [-0.05, 0) is 32.6 Å². The lowest BCUT2D eigenvalue weighted by Gasteiger charge is -2.07. The monoisotopic (exact) mass is 450 g/mol. The van der Waals surface area contributed by atoms with Crippen molar-refractivity contribution in [2.45, 2.75) is 154 Å². The van der Waals surface area contributed by atoms with E-state index in [1.54, 1.807) is 0 Å². The van der Waals surface area contributed by atoms with Gasteiger partial charge >= 0.3 is 5.97 Å². The summed E-state index contributed by atoms with van der Waals surface area (Å²) in [5.41, 5.74) is 0. The molecule has 32 heavy (non-hydrogen) atoms. The van der Waals surface area contributed by atoms with Gasteiger partial charge in [0.1, 0.15) is 0 Å². The van der Waals surface area contributed by atoms with Crippen molar-refractivity contribution in [2.75, 3.05) is 0 Å². The normalized spacial score (nSPS) is 12.8. The standard InChI is InChI=1S/C29H54O3/c1-2-3-4-19-22-25-28(30)26-23-20-17-15-13-11-9-7-5-6-8-10-12-14-16-18-21-24-27-29(31)32/h2-3,19,22,28,30H,4-18,20-21,23-27H2,1H3,(H,31,32). The first-order valence-corrected chi connectivity index (χ1v) is 13.8. The molecule has 188 valence electrons. The van der Waals surface area contributed by atoms with Crippen LogP contribution in [-0.2, 0) is 4.79 Å². The van der Waals surface area contributed by atoms with Gasteiger partial charge in [0.25, 0.3) is 0 Å². The van der Waals surface area contributed by atoms with E-state index in [9.17, 15) is 9.90 Å². The Morgan fingerprint density at radius 3 is 1.44 bits per heavy atom. The molecule has 0 rings (SSSR count). The minimum Gasteiger partial charge on any atom is -0.481 e. The average Bonchev–Trinajstić information content (AvgIpc) is 2.77. The van der Waals surface area contributed by atoms with Crippen molar-refractivity contribution in [1.29, 1.82) is 0 Å². The second-order valence-electron chi connectivity index (χ2n) is 9.46. The number of carboxylic acids is 1. The molecule has 0 aliphatic rings. The fourth-order valence-electron chi connectivity index (χ4n) is 4.17. The van der Waals surface area contributed by atoms with E-state index in [-0.39, 0.29) is 6.10 Å². The van der Waals surface area contributed by atoms with Gasteiger partial charge in [-0.3, -0.25) is 4.79 Å². The molecule has 0 spiro atoms. The second-order valence-corrected chi connectivity index (χ2v) is 9.46. The molecule has 0 aromatic rings. The van der Waals surface area contributed by atoms with Crippen LogP contribution in [0.5, 0.6) is 0 Å². The molecule has 0 aliphatic carbocycles. The van der Waals surface area contributed by atoms with Crippen molar-refractivity contribution >= 4 is 5.97 Å². The number of carboxylic acid groups (broad SMARTS) is 1. The van der Waals surface area contributed by atoms with Crippen molar-refractivity contribution < 1.29 is 15.0 Å². The molecule has 0 bridgehead atoms. The number of unbranched alkanes of at least 4 members (excludes halogenated alkanes) is 17. The first-order valence-electron chi connectivity index (χ1n) is 13.8. The summed E-state index contributed by atoms with van der Waals surface area (Å²) in [5.74, 6) is -0.660. The minimum atomic E-state index is -0.660. The zero-order valence-corrected chi connectivity index (χ0v) is 21.2. The molecule has 1 atom stereocenters. The molecular formula is C29H54O3. The summed E-state index contributed by atoms with van der Waals surface area (Å²) in [6.45, 7) is 2.03. The molecule has 1 unspecified atom stereocenters. The van der Waals surface area contributed by atoms with Crippen molar-refractivity contribution in [3.63, 3.8) is 0 Å². The molecule has 0 heterocycles. The highest BCUT2D eigenvalue weighted by Crippen LogP contribution is 2.15. The van der Waals surface area contributed by atoms with Gasteiger partial charge < -0.3 is 10.2 Å². The smallest absolute Gasteiger partial charge is 0.303 e. The van der Waals surface area contributed by atoms with Crippen molar-refractivity contribution in [3.8, 4) is 0 Å². The Hall–Kier alpha value is -1.09. The SMILES string of the molecule is CC=CCC=CCC(O)CCCCCCCCCCCCCCCCCCCCC(=O)O. The maximum atomic E-state index is 10.4. The molecule has 0 amide bonds. The Balaban J connectivity index is 3.14. The van der Waals surface area contributed by atoms with Crippen LogP contribution in [0.3, 0.4) is 0 Å². The van der Waals surface area contributed by atoms with Crippen LogP contribution in [0.1, 0.15) is 148 Å². The largest absolute Gasteiger partial charge is 0.481 e. The van der Waals surface area contributed by atoms with Crippen LogP contribution in [0, 0.1) is 0 Å². The first kappa shape index (κ1) is 30.9. The van der Waals surface area contributed by atoms with Crippen LogP contribution in [0.25, 0.3) is 0 Å². The Morgan fingerprint density at radius 2 is 1.03 bits per heavy atom. The number of allylic oxidation sites excluding steroid dienone is 3. The zero-order chi connectivity index (χ0) is 23.5. The Morgan fingerprint density at radius 1 is 0.625 bits per heavy atom. The van der Waals surface area contributed by atoms with Gasteiger partial charge in [-0.15, -0.1) is 0 Å². The van der Waals surface area contributed by atoms with E-state index in [1.165, 1.54) is 96.3 Å². The third kappa shape index (κ3) is 26.9. The third-order valence-corrected chi connectivity index (χ3v) is 6.26. The number of hydrogen-bond donors (Lipinski definition) is 2.